The third-order valence-corrected chi connectivity index (χ3v) is 4.79. The lowest BCUT2D eigenvalue weighted by Gasteiger charge is -2.57. The summed E-state index contributed by atoms with van der Waals surface area (Å²) in [5.74, 6) is -4.40. The van der Waals surface area contributed by atoms with Crippen molar-refractivity contribution in [3.05, 3.63) is 10.4 Å². The molecule has 1 aliphatic heterocycles. The maximum absolute atomic E-state index is 12.2. The van der Waals surface area contributed by atoms with Gasteiger partial charge in [0.25, 0.3) is 0 Å². The smallest absolute Gasteiger partial charge is 0.376 e. The standard InChI is InChI=1S/C12H18N3O11P/c1-5(16)10(19)8(4-14-15-13)25-9(26-27(22,23)24)11(20,6(2)17)12(10,21)7(3)18/h8-9,19-21H,4H2,1-3H3,(H2,22,23,24)/t8-,9+,10-,11+,12+/m1/s1. The lowest BCUT2D eigenvalue weighted by Crippen LogP contribution is -2.86. The summed E-state index contributed by atoms with van der Waals surface area (Å²) in [6.45, 7) is 0.955. The number of aliphatic hydroxyl groups is 3. The Morgan fingerprint density at radius 3 is 1.93 bits per heavy atom. The zero-order chi connectivity index (χ0) is 21.4. The van der Waals surface area contributed by atoms with Gasteiger partial charge in [-0.1, -0.05) is 5.11 Å². The van der Waals surface area contributed by atoms with Crippen LogP contribution in [0, 0.1) is 0 Å². The second-order valence-corrected chi connectivity index (χ2v) is 7.07. The van der Waals surface area contributed by atoms with Crippen molar-refractivity contribution in [1.29, 1.82) is 0 Å². The van der Waals surface area contributed by atoms with Gasteiger partial charge in [0, 0.05) is 4.91 Å². The van der Waals surface area contributed by atoms with Crippen molar-refractivity contribution in [3.63, 3.8) is 0 Å². The Hall–Kier alpha value is -1.73. The summed E-state index contributed by atoms with van der Waals surface area (Å²) in [7, 11) is -5.49. The third kappa shape index (κ3) is 3.43. The number of carbonyl (C=O) groups excluding carboxylic acids is 3. The molecule has 27 heavy (non-hydrogen) atoms. The van der Waals surface area contributed by atoms with Gasteiger partial charge in [-0.2, -0.15) is 0 Å². The van der Waals surface area contributed by atoms with Crippen molar-refractivity contribution in [2.75, 3.05) is 6.54 Å². The van der Waals surface area contributed by atoms with Gasteiger partial charge in [0.05, 0.1) is 6.54 Å². The molecular formula is C12H18N3O11P. The second kappa shape index (κ2) is 7.36. The average Bonchev–Trinajstić information content (AvgIpc) is 2.52. The number of carbonyl (C=O) groups is 3. The zero-order valence-electron chi connectivity index (χ0n) is 14.3. The van der Waals surface area contributed by atoms with Gasteiger partial charge in [-0.15, -0.1) is 0 Å². The van der Waals surface area contributed by atoms with Crippen LogP contribution in [0.15, 0.2) is 5.11 Å². The Morgan fingerprint density at radius 1 is 1.11 bits per heavy atom. The van der Waals surface area contributed by atoms with Crippen LogP contribution in [0.4, 0.5) is 0 Å². The average molecular weight is 411 g/mol. The Balaban J connectivity index is 3.89. The Morgan fingerprint density at radius 2 is 1.59 bits per heavy atom. The van der Waals surface area contributed by atoms with E-state index in [4.69, 9.17) is 20.1 Å². The second-order valence-electron chi connectivity index (χ2n) is 5.88. The van der Waals surface area contributed by atoms with Gasteiger partial charge in [-0.05, 0) is 26.3 Å². The molecule has 0 aromatic heterocycles. The van der Waals surface area contributed by atoms with E-state index in [0.717, 1.165) is 0 Å². The monoisotopic (exact) mass is 411 g/mol. The van der Waals surface area contributed by atoms with Crippen LogP contribution in [0.1, 0.15) is 20.8 Å². The molecule has 1 fully saturated rings. The SMILES string of the molecule is CC(=O)[C@]1(O)[C@@](O)(C(C)=O)[C@@H](CN=[N+]=[N-])O[C@@H](OP(=O)(O)O)[C@@]1(O)C(C)=O. The summed E-state index contributed by atoms with van der Waals surface area (Å²) in [5, 5.41) is 35.5. The predicted molar refractivity (Wildman–Crippen MR) is 82.7 cm³/mol. The molecule has 0 radical (unpaired) electrons. The fraction of sp³-hybridized carbons (Fsp3) is 0.750. The van der Waals surface area contributed by atoms with E-state index in [9.17, 15) is 34.3 Å². The quantitative estimate of drug-likeness (QED) is 0.134. The minimum Gasteiger partial charge on any atom is -0.376 e. The first-order chi connectivity index (χ1) is 12.1. The molecule has 1 heterocycles. The third-order valence-electron chi connectivity index (χ3n) is 4.32. The lowest BCUT2D eigenvalue weighted by molar-refractivity contribution is -0.350. The number of Topliss-reactive ketones (excluding diaryl/α,β-unsaturated/α-hetero) is 3. The summed E-state index contributed by atoms with van der Waals surface area (Å²) >= 11 is 0. The number of phosphoric ester groups is 1. The van der Waals surface area contributed by atoms with Gasteiger partial charge >= 0.3 is 7.82 Å². The normalized spacial score (nSPS) is 36.6. The van der Waals surface area contributed by atoms with Gasteiger partial charge in [-0.3, -0.25) is 18.9 Å². The zero-order valence-corrected chi connectivity index (χ0v) is 15.2. The van der Waals surface area contributed by atoms with Crippen LogP contribution >= 0.6 is 7.82 Å². The molecule has 15 heteroatoms. The molecule has 0 bridgehead atoms. The molecule has 14 nitrogen and oxygen atoms in total. The molecule has 0 aromatic rings. The fourth-order valence-electron chi connectivity index (χ4n) is 2.99. The molecule has 0 aliphatic carbocycles. The van der Waals surface area contributed by atoms with E-state index >= 15 is 0 Å². The molecule has 5 atom stereocenters. The molecule has 0 unspecified atom stereocenters. The maximum atomic E-state index is 12.2. The highest BCUT2D eigenvalue weighted by Gasteiger charge is 2.78. The molecule has 5 N–H and O–H groups in total. The predicted octanol–water partition coefficient (Wildman–Crippen LogP) is -1.91. The number of ketones is 3. The molecule has 0 spiro atoms. The summed E-state index contributed by atoms with van der Waals surface area (Å²) in [6.07, 6.45) is -4.82. The number of hydrogen-bond donors (Lipinski definition) is 5. The largest absolute Gasteiger partial charge is 0.472 e. The van der Waals surface area contributed by atoms with Gasteiger partial charge < -0.3 is 29.8 Å². The van der Waals surface area contributed by atoms with Crippen LogP contribution in [0.25, 0.3) is 10.4 Å². The Bertz CT molecular complexity index is 762. The van der Waals surface area contributed by atoms with E-state index in [1.807, 2.05) is 0 Å². The van der Waals surface area contributed by atoms with Gasteiger partial charge in [0.15, 0.2) is 23.0 Å². The lowest BCUT2D eigenvalue weighted by atomic mass is 9.61. The molecule has 0 aromatic carbocycles. The van der Waals surface area contributed by atoms with E-state index in [2.05, 4.69) is 14.5 Å². The highest BCUT2D eigenvalue weighted by molar-refractivity contribution is 7.46. The number of hydrogen-bond acceptors (Lipinski definition) is 10. The summed E-state index contributed by atoms with van der Waals surface area (Å²) in [4.78, 5) is 56.8. The fourth-order valence-corrected chi connectivity index (χ4v) is 3.44. The number of phosphoric acid groups is 1. The number of rotatable bonds is 7. The summed E-state index contributed by atoms with van der Waals surface area (Å²) in [5.41, 5.74) is -2.16. The maximum Gasteiger partial charge on any atom is 0.472 e. The minimum atomic E-state index is -5.49. The van der Waals surface area contributed by atoms with Crippen molar-refractivity contribution in [3.8, 4) is 0 Å². The van der Waals surface area contributed by atoms with Crippen molar-refractivity contribution >= 4 is 25.2 Å². The number of ether oxygens (including phenoxy) is 1. The van der Waals surface area contributed by atoms with Gasteiger partial charge in [-0.25, -0.2) is 4.57 Å². The minimum absolute atomic E-state index is 0.599. The highest BCUT2D eigenvalue weighted by Crippen LogP contribution is 2.51. The summed E-state index contributed by atoms with van der Waals surface area (Å²) < 4.78 is 20.3. The van der Waals surface area contributed by atoms with Crippen molar-refractivity contribution in [2.24, 2.45) is 5.11 Å². The van der Waals surface area contributed by atoms with Crippen molar-refractivity contribution < 1.29 is 53.3 Å². The van der Waals surface area contributed by atoms with Crippen LogP contribution in [-0.2, 0) is 28.2 Å². The first-order valence-corrected chi connectivity index (χ1v) is 8.74. The van der Waals surface area contributed by atoms with E-state index in [1.165, 1.54) is 0 Å². The summed E-state index contributed by atoms with van der Waals surface area (Å²) in [6, 6.07) is 0. The Labute approximate surface area is 151 Å². The molecule has 0 saturated carbocycles. The Kier molecular flexibility index (Phi) is 6.35. The van der Waals surface area contributed by atoms with E-state index in [1.54, 1.807) is 0 Å². The highest BCUT2D eigenvalue weighted by atomic mass is 31.2. The van der Waals surface area contributed by atoms with Crippen LogP contribution in [-0.4, -0.2) is 78.2 Å². The topological polar surface area (TPSA) is 237 Å². The van der Waals surface area contributed by atoms with E-state index in [-0.39, 0.29) is 0 Å². The molecule has 1 aliphatic rings. The molecular weight excluding hydrogens is 393 g/mol. The van der Waals surface area contributed by atoms with E-state index < -0.39 is 60.9 Å². The van der Waals surface area contributed by atoms with Crippen molar-refractivity contribution in [1.82, 2.24) is 0 Å². The molecule has 152 valence electrons. The van der Waals surface area contributed by atoms with Gasteiger partial charge in [0.2, 0.25) is 17.5 Å². The van der Waals surface area contributed by atoms with Crippen molar-refractivity contribution in [2.45, 2.75) is 50.0 Å². The number of nitrogens with zero attached hydrogens (tertiary/aromatic N) is 3. The number of azide groups is 1. The van der Waals surface area contributed by atoms with Gasteiger partial charge in [0.1, 0.15) is 6.10 Å². The molecule has 1 saturated heterocycles. The van der Waals surface area contributed by atoms with E-state index in [0.29, 0.717) is 20.8 Å². The first kappa shape index (κ1) is 23.3. The molecule has 1 rings (SSSR count). The first-order valence-electron chi connectivity index (χ1n) is 7.21. The molecule has 0 amide bonds. The van der Waals surface area contributed by atoms with Crippen LogP contribution in [0.3, 0.4) is 0 Å². The van der Waals surface area contributed by atoms with Crippen LogP contribution in [0.2, 0.25) is 0 Å². The van der Waals surface area contributed by atoms with Crippen LogP contribution in [0.5, 0.6) is 0 Å². The van der Waals surface area contributed by atoms with Crippen LogP contribution < -0.4 is 0 Å².